The van der Waals surface area contributed by atoms with Crippen molar-refractivity contribution in [2.75, 3.05) is 13.7 Å². The maximum Gasteiger partial charge on any atom is 0.338 e. The predicted molar refractivity (Wildman–Crippen MR) is 91.9 cm³/mol. The first kappa shape index (κ1) is 17.9. The maximum absolute atomic E-state index is 12.2. The van der Waals surface area contributed by atoms with Crippen LogP contribution in [0.25, 0.3) is 0 Å². The second kappa shape index (κ2) is 8.44. The van der Waals surface area contributed by atoms with E-state index in [0.29, 0.717) is 16.5 Å². The van der Waals surface area contributed by atoms with Crippen LogP contribution in [0.15, 0.2) is 35.5 Å². The van der Waals surface area contributed by atoms with Gasteiger partial charge in [0, 0.05) is 24.2 Å². The number of rotatable bonds is 6. The number of likely N-dealkylation sites (N-methyl/N-ethyl adjacent to an activating group) is 1. The summed E-state index contributed by atoms with van der Waals surface area (Å²) in [6.07, 6.45) is 0. The molecule has 0 radical (unpaired) electrons. The predicted octanol–water partition coefficient (Wildman–Crippen LogP) is 2.29. The lowest BCUT2D eigenvalue weighted by Gasteiger charge is -2.09. The zero-order valence-electron chi connectivity index (χ0n) is 13.8. The van der Waals surface area contributed by atoms with Gasteiger partial charge >= 0.3 is 5.97 Å². The summed E-state index contributed by atoms with van der Waals surface area (Å²) >= 11 is 1.45. The van der Waals surface area contributed by atoms with Crippen LogP contribution in [0.5, 0.6) is 0 Å². The Morgan fingerprint density at radius 2 is 1.83 bits per heavy atom. The van der Waals surface area contributed by atoms with E-state index < -0.39 is 5.97 Å². The highest BCUT2D eigenvalue weighted by molar-refractivity contribution is 7.98. The molecule has 0 unspecified atom stereocenters. The first-order chi connectivity index (χ1) is 11.5. The van der Waals surface area contributed by atoms with Gasteiger partial charge in [0.05, 0.1) is 5.56 Å². The highest BCUT2D eigenvalue weighted by atomic mass is 32.2. The van der Waals surface area contributed by atoms with Crippen molar-refractivity contribution >= 4 is 23.6 Å². The van der Waals surface area contributed by atoms with Gasteiger partial charge in [-0.05, 0) is 31.5 Å². The van der Waals surface area contributed by atoms with E-state index in [1.807, 2.05) is 32.0 Å². The molecule has 1 aromatic carbocycles. The summed E-state index contributed by atoms with van der Waals surface area (Å²) in [5, 5.41) is 3.07. The molecule has 7 heteroatoms. The molecule has 0 atom stereocenters. The third kappa shape index (κ3) is 5.06. The van der Waals surface area contributed by atoms with Gasteiger partial charge in [-0.1, -0.05) is 30.0 Å². The molecule has 1 N–H and O–H groups in total. The molecular weight excluding hydrogens is 326 g/mol. The molecule has 2 rings (SSSR count). The van der Waals surface area contributed by atoms with Gasteiger partial charge in [0.15, 0.2) is 11.8 Å². The molecule has 0 saturated heterocycles. The molecule has 1 heterocycles. The average Bonchev–Trinajstić information content (AvgIpc) is 2.57. The molecule has 2 aromatic rings. The molecule has 0 aliphatic rings. The number of nitrogens with one attached hydrogen (secondary N) is 1. The molecule has 0 spiro atoms. The standard InChI is InChI=1S/C17H19N3O3S/c1-11-8-12(2)20-17(19-11)24-10-13-6-4-5-7-14(13)16(22)23-9-15(21)18-3/h4-8H,9-10H2,1-3H3,(H,18,21). The molecule has 0 fully saturated rings. The number of esters is 1. The number of ether oxygens (including phenoxy) is 1. The number of hydrogen-bond acceptors (Lipinski definition) is 6. The lowest BCUT2D eigenvalue weighted by molar-refractivity contribution is -0.123. The quantitative estimate of drug-likeness (QED) is 0.491. The summed E-state index contributed by atoms with van der Waals surface area (Å²) in [5.74, 6) is -0.330. The summed E-state index contributed by atoms with van der Waals surface area (Å²) in [6.45, 7) is 3.54. The van der Waals surface area contributed by atoms with Crippen LogP contribution >= 0.6 is 11.8 Å². The maximum atomic E-state index is 12.2. The Balaban J connectivity index is 2.08. The molecule has 0 saturated carbocycles. The van der Waals surface area contributed by atoms with E-state index in [1.54, 1.807) is 12.1 Å². The number of carbonyl (C=O) groups is 2. The first-order valence-electron chi connectivity index (χ1n) is 7.40. The van der Waals surface area contributed by atoms with E-state index in [0.717, 1.165) is 17.0 Å². The number of carbonyl (C=O) groups excluding carboxylic acids is 2. The highest BCUT2D eigenvalue weighted by Gasteiger charge is 2.14. The Hall–Kier alpha value is -2.41. The number of aromatic nitrogens is 2. The minimum atomic E-state index is -0.517. The Bertz CT molecular complexity index is 729. The third-order valence-corrected chi connectivity index (χ3v) is 4.07. The fraction of sp³-hybridized carbons (Fsp3) is 0.294. The highest BCUT2D eigenvalue weighted by Crippen LogP contribution is 2.22. The number of nitrogens with zero attached hydrogens (tertiary/aromatic N) is 2. The summed E-state index contributed by atoms with van der Waals surface area (Å²) in [7, 11) is 1.49. The van der Waals surface area contributed by atoms with Crippen molar-refractivity contribution < 1.29 is 14.3 Å². The van der Waals surface area contributed by atoms with Crippen LogP contribution in [-0.4, -0.2) is 35.5 Å². The van der Waals surface area contributed by atoms with E-state index in [1.165, 1.54) is 18.8 Å². The Morgan fingerprint density at radius 1 is 1.17 bits per heavy atom. The molecule has 126 valence electrons. The number of aryl methyl sites for hydroxylation is 2. The van der Waals surface area contributed by atoms with Crippen molar-refractivity contribution in [2.45, 2.75) is 24.8 Å². The smallest absolute Gasteiger partial charge is 0.338 e. The van der Waals surface area contributed by atoms with Crippen molar-refractivity contribution in [1.29, 1.82) is 0 Å². The van der Waals surface area contributed by atoms with Crippen LogP contribution in [0.2, 0.25) is 0 Å². The molecule has 0 aliphatic carbocycles. The number of hydrogen-bond donors (Lipinski definition) is 1. The minimum absolute atomic E-state index is 0.295. The van der Waals surface area contributed by atoms with Crippen LogP contribution in [0.4, 0.5) is 0 Å². The van der Waals surface area contributed by atoms with Crippen molar-refractivity contribution in [1.82, 2.24) is 15.3 Å². The fourth-order valence-corrected chi connectivity index (χ4v) is 2.98. The lowest BCUT2D eigenvalue weighted by Crippen LogP contribution is -2.25. The van der Waals surface area contributed by atoms with Crippen molar-refractivity contribution in [2.24, 2.45) is 0 Å². The van der Waals surface area contributed by atoms with E-state index in [-0.39, 0.29) is 12.5 Å². The van der Waals surface area contributed by atoms with Gasteiger partial charge in [0.2, 0.25) is 0 Å². The molecule has 1 aromatic heterocycles. The summed E-state index contributed by atoms with van der Waals surface area (Å²) in [6, 6.07) is 9.07. The van der Waals surface area contributed by atoms with Crippen molar-refractivity contribution in [3.05, 3.63) is 52.8 Å². The van der Waals surface area contributed by atoms with Gasteiger partial charge in [0.1, 0.15) is 0 Å². The fourth-order valence-electron chi connectivity index (χ4n) is 2.03. The Morgan fingerprint density at radius 3 is 2.50 bits per heavy atom. The molecule has 1 amide bonds. The normalized spacial score (nSPS) is 10.3. The lowest BCUT2D eigenvalue weighted by atomic mass is 10.1. The molecule has 0 bridgehead atoms. The van der Waals surface area contributed by atoms with E-state index >= 15 is 0 Å². The van der Waals surface area contributed by atoms with E-state index in [2.05, 4.69) is 15.3 Å². The second-order valence-electron chi connectivity index (χ2n) is 5.13. The summed E-state index contributed by atoms with van der Waals surface area (Å²) in [5.41, 5.74) is 3.07. The zero-order valence-corrected chi connectivity index (χ0v) is 14.6. The van der Waals surface area contributed by atoms with Gasteiger partial charge in [-0.2, -0.15) is 0 Å². The topological polar surface area (TPSA) is 81.2 Å². The van der Waals surface area contributed by atoms with Crippen molar-refractivity contribution in [3.63, 3.8) is 0 Å². The molecular formula is C17H19N3O3S. The average molecular weight is 345 g/mol. The Labute approximate surface area is 145 Å². The van der Waals surface area contributed by atoms with Gasteiger partial charge < -0.3 is 10.1 Å². The minimum Gasteiger partial charge on any atom is -0.452 e. The van der Waals surface area contributed by atoms with Crippen LogP contribution in [0.3, 0.4) is 0 Å². The second-order valence-corrected chi connectivity index (χ2v) is 6.07. The van der Waals surface area contributed by atoms with Gasteiger partial charge in [-0.15, -0.1) is 0 Å². The Kier molecular flexibility index (Phi) is 6.31. The van der Waals surface area contributed by atoms with Gasteiger partial charge in [-0.3, -0.25) is 4.79 Å². The number of thioether (sulfide) groups is 1. The molecule has 0 aliphatic heterocycles. The van der Waals surface area contributed by atoms with E-state index in [9.17, 15) is 9.59 Å². The zero-order chi connectivity index (χ0) is 17.5. The summed E-state index contributed by atoms with van der Waals surface area (Å²) in [4.78, 5) is 32.1. The summed E-state index contributed by atoms with van der Waals surface area (Å²) < 4.78 is 5.02. The van der Waals surface area contributed by atoms with Gasteiger partial charge in [0.25, 0.3) is 5.91 Å². The van der Waals surface area contributed by atoms with Crippen LogP contribution in [0.1, 0.15) is 27.3 Å². The molecule has 24 heavy (non-hydrogen) atoms. The SMILES string of the molecule is CNC(=O)COC(=O)c1ccccc1CSc1nc(C)cc(C)n1. The first-order valence-corrected chi connectivity index (χ1v) is 8.39. The van der Waals surface area contributed by atoms with Crippen LogP contribution in [-0.2, 0) is 15.3 Å². The van der Waals surface area contributed by atoms with Crippen LogP contribution in [0, 0.1) is 13.8 Å². The monoisotopic (exact) mass is 345 g/mol. The van der Waals surface area contributed by atoms with Crippen LogP contribution < -0.4 is 5.32 Å². The van der Waals surface area contributed by atoms with E-state index in [4.69, 9.17) is 4.74 Å². The number of benzene rings is 1. The number of amides is 1. The largest absolute Gasteiger partial charge is 0.452 e. The van der Waals surface area contributed by atoms with Gasteiger partial charge in [-0.25, -0.2) is 14.8 Å². The van der Waals surface area contributed by atoms with Crippen molar-refractivity contribution in [3.8, 4) is 0 Å². The third-order valence-electron chi connectivity index (χ3n) is 3.17. The molecule has 6 nitrogen and oxygen atoms in total.